The lowest BCUT2D eigenvalue weighted by Crippen LogP contribution is -2.07. The van der Waals surface area contributed by atoms with Crippen LogP contribution in [0.25, 0.3) is 6.08 Å². The van der Waals surface area contributed by atoms with E-state index in [1.54, 1.807) is 6.92 Å². The van der Waals surface area contributed by atoms with Crippen molar-refractivity contribution >= 4 is 35.2 Å². The Morgan fingerprint density at radius 2 is 2.00 bits per heavy atom. The van der Waals surface area contributed by atoms with Crippen LogP contribution in [-0.2, 0) is 9.53 Å². The van der Waals surface area contributed by atoms with Gasteiger partial charge in [-0.25, -0.2) is 4.79 Å². The molecule has 5 heteroatoms. The Balaban J connectivity index is 3.47. The van der Waals surface area contributed by atoms with E-state index in [9.17, 15) is 4.79 Å². The van der Waals surface area contributed by atoms with Crippen molar-refractivity contribution in [2.24, 2.45) is 0 Å². The van der Waals surface area contributed by atoms with Crippen molar-refractivity contribution in [3.8, 4) is 6.07 Å². The molecular formula is C16H17Cl2NO2. The maximum absolute atomic E-state index is 11.7. The molecule has 0 radical (unpaired) electrons. The van der Waals surface area contributed by atoms with Crippen molar-refractivity contribution in [3.05, 3.63) is 39.5 Å². The maximum Gasteiger partial charge on any atom is 0.348 e. The molecule has 3 nitrogen and oxygen atoms in total. The van der Waals surface area contributed by atoms with Gasteiger partial charge in [-0.1, -0.05) is 6.07 Å². The minimum absolute atomic E-state index is 0.0430. The molecule has 1 rings (SSSR count). The van der Waals surface area contributed by atoms with Crippen LogP contribution < -0.4 is 0 Å². The predicted molar refractivity (Wildman–Crippen MR) is 85.3 cm³/mol. The first-order chi connectivity index (χ1) is 9.83. The van der Waals surface area contributed by atoms with Gasteiger partial charge in [-0.3, -0.25) is 0 Å². The van der Waals surface area contributed by atoms with Crippen LogP contribution in [0.2, 0.25) is 0 Å². The average Bonchev–Trinajstić information content (AvgIpc) is 2.38. The molecule has 0 unspecified atom stereocenters. The number of alkyl halides is 2. The highest BCUT2D eigenvalue weighted by atomic mass is 35.5. The van der Waals surface area contributed by atoms with Crippen molar-refractivity contribution in [1.29, 1.82) is 5.26 Å². The number of hydrogen-bond acceptors (Lipinski definition) is 3. The normalized spacial score (nSPS) is 11.4. The largest absolute Gasteiger partial charge is 0.462 e. The number of halogens is 2. The number of rotatable bonds is 4. The van der Waals surface area contributed by atoms with Crippen LogP contribution in [0.1, 0.15) is 39.6 Å². The number of ether oxygens (including phenoxy) is 1. The summed E-state index contributed by atoms with van der Waals surface area (Å²) >= 11 is 12.0. The molecule has 0 amide bonds. The monoisotopic (exact) mass is 325 g/mol. The Morgan fingerprint density at radius 1 is 1.38 bits per heavy atom. The molecule has 0 saturated carbocycles. The maximum atomic E-state index is 11.7. The van der Waals surface area contributed by atoms with E-state index >= 15 is 0 Å². The predicted octanol–water partition coefficient (Wildman–Crippen LogP) is 4.56. The van der Waals surface area contributed by atoms with Gasteiger partial charge < -0.3 is 4.74 Å². The molecule has 0 aliphatic carbocycles. The second-order valence-electron chi connectivity index (χ2n) is 4.65. The average molecular weight is 326 g/mol. The van der Waals surface area contributed by atoms with Gasteiger partial charge >= 0.3 is 5.97 Å². The molecule has 0 fully saturated rings. The number of hydrogen-bond donors (Lipinski definition) is 0. The molecule has 0 heterocycles. The third kappa shape index (κ3) is 4.00. The van der Waals surface area contributed by atoms with E-state index in [4.69, 9.17) is 33.2 Å². The standard InChI is InChI=1S/C16H17Cl2NO2/c1-5-21-16(20)12(8-19)7-13-9(2)6-10(3)14(11(13)4)15(17)18/h6-7,15H,5H2,1-4H3. The molecular weight excluding hydrogens is 309 g/mol. The van der Waals surface area contributed by atoms with Crippen LogP contribution in [0.3, 0.4) is 0 Å². The van der Waals surface area contributed by atoms with Gasteiger partial charge in [0.1, 0.15) is 16.5 Å². The van der Waals surface area contributed by atoms with Crippen LogP contribution in [0, 0.1) is 32.1 Å². The fraction of sp³-hybridized carbons (Fsp3) is 0.375. The van der Waals surface area contributed by atoms with E-state index in [0.29, 0.717) is 0 Å². The van der Waals surface area contributed by atoms with E-state index in [-0.39, 0.29) is 12.2 Å². The van der Waals surface area contributed by atoms with E-state index in [0.717, 1.165) is 27.8 Å². The van der Waals surface area contributed by atoms with Gasteiger partial charge in [0.15, 0.2) is 0 Å². The summed E-state index contributed by atoms with van der Waals surface area (Å²) in [5.41, 5.74) is 4.31. The van der Waals surface area contributed by atoms with Crippen molar-refractivity contribution in [2.75, 3.05) is 6.61 Å². The summed E-state index contributed by atoms with van der Waals surface area (Å²) in [6.07, 6.45) is 1.53. The Bertz CT molecular complexity index is 628. The van der Waals surface area contributed by atoms with Crippen LogP contribution >= 0.6 is 23.2 Å². The van der Waals surface area contributed by atoms with Gasteiger partial charge in [-0.15, -0.1) is 23.2 Å². The highest BCUT2D eigenvalue weighted by Crippen LogP contribution is 2.34. The summed E-state index contributed by atoms with van der Waals surface area (Å²) in [7, 11) is 0. The molecule has 21 heavy (non-hydrogen) atoms. The Morgan fingerprint density at radius 3 is 2.48 bits per heavy atom. The number of carbonyl (C=O) groups excluding carboxylic acids is 1. The van der Waals surface area contributed by atoms with Crippen LogP contribution in [0.5, 0.6) is 0 Å². The summed E-state index contributed by atoms with van der Waals surface area (Å²) in [6, 6.07) is 3.81. The molecule has 0 aromatic heterocycles. The number of nitrogens with zero attached hydrogens (tertiary/aromatic N) is 1. The number of aryl methyl sites for hydroxylation is 2. The minimum atomic E-state index is -0.661. The molecule has 0 aliphatic heterocycles. The van der Waals surface area contributed by atoms with E-state index < -0.39 is 10.8 Å². The van der Waals surface area contributed by atoms with Crippen molar-refractivity contribution in [3.63, 3.8) is 0 Å². The fourth-order valence-electron chi connectivity index (χ4n) is 2.26. The number of nitriles is 1. The molecule has 0 bridgehead atoms. The zero-order chi connectivity index (χ0) is 16.2. The van der Waals surface area contributed by atoms with Crippen LogP contribution in [0.15, 0.2) is 11.6 Å². The summed E-state index contributed by atoms with van der Waals surface area (Å²) in [4.78, 5) is 11.1. The Labute approximate surface area is 135 Å². The topological polar surface area (TPSA) is 50.1 Å². The first-order valence-electron chi connectivity index (χ1n) is 6.51. The molecule has 0 spiro atoms. The summed E-state index contributed by atoms with van der Waals surface area (Å²) < 4.78 is 4.87. The Hall–Kier alpha value is -1.50. The van der Waals surface area contributed by atoms with Crippen molar-refractivity contribution < 1.29 is 9.53 Å². The summed E-state index contributed by atoms with van der Waals surface area (Å²) in [5.74, 6) is -0.630. The number of esters is 1. The van der Waals surface area contributed by atoms with E-state index in [2.05, 4.69) is 0 Å². The van der Waals surface area contributed by atoms with E-state index in [1.165, 1.54) is 6.08 Å². The zero-order valence-corrected chi connectivity index (χ0v) is 14.0. The first kappa shape index (κ1) is 17.6. The molecule has 1 aromatic rings. The fourth-order valence-corrected chi connectivity index (χ4v) is 2.94. The summed E-state index contributed by atoms with van der Waals surface area (Å²) in [6.45, 7) is 7.63. The quantitative estimate of drug-likeness (QED) is 0.353. The third-order valence-corrected chi connectivity index (χ3v) is 3.65. The van der Waals surface area contributed by atoms with Gasteiger partial charge in [0.25, 0.3) is 0 Å². The lowest BCUT2D eigenvalue weighted by Gasteiger charge is -2.16. The second-order valence-corrected chi connectivity index (χ2v) is 5.75. The van der Waals surface area contributed by atoms with Crippen molar-refractivity contribution in [2.45, 2.75) is 32.5 Å². The van der Waals surface area contributed by atoms with Gasteiger partial charge in [-0.05, 0) is 61.6 Å². The van der Waals surface area contributed by atoms with Crippen molar-refractivity contribution in [1.82, 2.24) is 0 Å². The summed E-state index contributed by atoms with van der Waals surface area (Å²) in [5, 5.41) is 9.13. The molecule has 0 atom stereocenters. The first-order valence-corrected chi connectivity index (χ1v) is 7.38. The number of carbonyl (C=O) groups is 1. The van der Waals surface area contributed by atoms with Gasteiger partial charge in [0.05, 0.1) is 6.61 Å². The van der Waals surface area contributed by atoms with E-state index in [1.807, 2.05) is 32.9 Å². The lowest BCUT2D eigenvalue weighted by molar-refractivity contribution is -0.137. The molecule has 0 N–H and O–H groups in total. The van der Waals surface area contributed by atoms with Gasteiger partial charge in [-0.2, -0.15) is 5.26 Å². The van der Waals surface area contributed by atoms with Gasteiger partial charge in [0.2, 0.25) is 0 Å². The van der Waals surface area contributed by atoms with Gasteiger partial charge in [0, 0.05) is 0 Å². The molecule has 0 saturated heterocycles. The lowest BCUT2D eigenvalue weighted by atomic mass is 9.93. The van der Waals surface area contributed by atoms with Crippen LogP contribution in [-0.4, -0.2) is 12.6 Å². The Kier molecular flexibility index (Phi) is 6.26. The zero-order valence-electron chi connectivity index (χ0n) is 12.5. The molecule has 1 aromatic carbocycles. The minimum Gasteiger partial charge on any atom is -0.462 e. The highest BCUT2D eigenvalue weighted by Gasteiger charge is 2.17. The highest BCUT2D eigenvalue weighted by molar-refractivity contribution is 6.44. The third-order valence-electron chi connectivity index (χ3n) is 3.21. The molecule has 112 valence electrons. The van der Waals surface area contributed by atoms with Crippen LogP contribution in [0.4, 0.5) is 0 Å². The SMILES string of the molecule is CCOC(=O)C(C#N)=Cc1c(C)cc(C)c(C(Cl)Cl)c1C. The number of benzene rings is 1. The smallest absolute Gasteiger partial charge is 0.348 e. The molecule has 0 aliphatic rings. The second kappa shape index (κ2) is 7.49.